The van der Waals surface area contributed by atoms with Crippen LogP contribution in [0.4, 0.5) is 4.39 Å². The fourth-order valence-corrected chi connectivity index (χ4v) is 1.64. The molecule has 0 fully saturated rings. The van der Waals surface area contributed by atoms with E-state index in [1.165, 1.54) is 12.1 Å². The van der Waals surface area contributed by atoms with Crippen molar-refractivity contribution in [1.29, 1.82) is 0 Å². The zero-order chi connectivity index (χ0) is 9.26. The monoisotopic (exact) mass is 178 g/mol. The Morgan fingerprint density at radius 3 is 2.38 bits per heavy atom. The molecule has 1 nitrogen and oxygen atoms in total. The number of hydrogen-bond donors (Lipinski definition) is 1. The molecule has 0 aliphatic heterocycles. The molecule has 2 atom stereocenters. The third-order valence-electron chi connectivity index (χ3n) is 2.36. The Morgan fingerprint density at radius 1 is 1.15 bits per heavy atom. The van der Waals surface area contributed by atoms with Crippen LogP contribution in [0.5, 0.6) is 0 Å². The van der Waals surface area contributed by atoms with Gasteiger partial charge in [-0.2, -0.15) is 0 Å². The maximum atomic E-state index is 12.6. The lowest BCUT2D eigenvalue weighted by Crippen LogP contribution is -2.00. The van der Waals surface area contributed by atoms with Crippen LogP contribution < -0.4 is 0 Å². The van der Waals surface area contributed by atoms with Gasteiger partial charge in [-0.25, -0.2) is 4.39 Å². The van der Waals surface area contributed by atoms with E-state index in [1.807, 2.05) is 6.08 Å². The van der Waals surface area contributed by atoms with Gasteiger partial charge < -0.3 is 5.11 Å². The average Bonchev–Trinajstić information content (AvgIpc) is 2.53. The van der Waals surface area contributed by atoms with Crippen molar-refractivity contribution in [3.05, 3.63) is 47.8 Å². The molecule has 0 unspecified atom stereocenters. The number of allylic oxidation sites excluding steroid dienone is 1. The SMILES string of the molecule is O[C@H]1C=C[C@H](c2ccc(F)cc2)C1. The molecule has 0 saturated heterocycles. The maximum absolute atomic E-state index is 12.6. The molecule has 1 aromatic rings. The highest BCUT2D eigenvalue weighted by molar-refractivity contribution is 5.27. The van der Waals surface area contributed by atoms with E-state index in [0.29, 0.717) is 6.42 Å². The number of hydrogen-bond acceptors (Lipinski definition) is 1. The molecule has 0 heterocycles. The minimum atomic E-state index is -0.338. The molecule has 1 aromatic carbocycles. The van der Waals surface area contributed by atoms with E-state index in [0.717, 1.165) is 5.56 Å². The summed E-state index contributed by atoms with van der Waals surface area (Å²) in [4.78, 5) is 0. The van der Waals surface area contributed by atoms with Crippen LogP contribution in [-0.2, 0) is 0 Å². The predicted molar refractivity (Wildman–Crippen MR) is 48.9 cm³/mol. The first kappa shape index (κ1) is 8.45. The average molecular weight is 178 g/mol. The van der Waals surface area contributed by atoms with Crippen molar-refractivity contribution in [3.8, 4) is 0 Å². The van der Waals surface area contributed by atoms with Crippen molar-refractivity contribution in [3.63, 3.8) is 0 Å². The highest BCUT2D eigenvalue weighted by Gasteiger charge is 2.17. The Hall–Kier alpha value is -1.15. The maximum Gasteiger partial charge on any atom is 0.123 e. The Labute approximate surface area is 76.5 Å². The Balaban J connectivity index is 2.18. The van der Waals surface area contributed by atoms with Crippen LogP contribution in [0, 0.1) is 5.82 Å². The molecule has 13 heavy (non-hydrogen) atoms. The lowest BCUT2D eigenvalue weighted by molar-refractivity contribution is 0.218. The first-order valence-electron chi connectivity index (χ1n) is 4.37. The minimum Gasteiger partial charge on any atom is -0.389 e. The summed E-state index contributed by atoms with van der Waals surface area (Å²) in [6.07, 6.45) is 4.13. The third kappa shape index (κ3) is 1.78. The Morgan fingerprint density at radius 2 is 1.85 bits per heavy atom. The summed E-state index contributed by atoms with van der Waals surface area (Å²) in [5.41, 5.74) is 1.06. The molecule has 0 aromatic heterocycles. The van der Waals surface area contributed by atoms with Crippen LogP contribution in [0.2, 0.25) is 0 Å². The Kier molecular flexibility index (Phi) is 2.15. The van der Waals surface area contributed by atoms with Gasteiger partial charge in [0.2, 0.25) is 0 Å². The molecular weight excluding hydrogens is 167 g/mol. The highest BCUT2D eigenvalue weighted by atomic mass is 19.1. The molecule has 1 N–H and O–H groups in total. The molecule has 0 saturated carbocycles. The van der Waals surface area contributed by atoms with Gasteiger partial charge in [0.1, 0.15) is 5.82 Å². The van der Waals surface area contributed by atoms with E-state index in [4.69, 9.17) is 0 Å². The zero-order valence-corrected chi connectivity index (χ0v) is 7.15. The van der Waals surface area contributed by atoms with E-state index >= 15 is 0 Å². The quantitative estimate of drug-likeness (QED) is 0.654. The van der Waals surface area contributed by atoms with Crippen LogP contribution in [0.1, 0.15) is 17.9 Å². The molecule has 0 amide bonds. The molecule has 2 heteroatoms. The Bertz CT molecular complexity index is 315. The summed E-state index contributed by atoms with van der Waals surface area (Å²) in [6, 6.07) is 6.44. The van der Waals surface area contributed by atoms with Gasteiger partial charge >= 0.3 is 0 Å². The predicted octanol–water partition coefficient (Wildman–Crippen LogP) is 2.23. The van der Waals surface area contributed by atoms with E-state index in [1.54, 1.807) is 18.2 Å². The smallest absolute Gasteiger partial charge is 0.123 e. The van der Waals surface area contributed by atoms with Crippen molar-refractivity contribution in [2.75, 3.05) is 0 Å². The third-order valence-corrected chi connectivity index (χ3v) is 2.36. The summed E-state index contributed by atoms with van der Waals surface area (Å²) in [5, 5.41) is 9.25. The summed E-state index contributed by atoms with van der Waals surface area (Å²) < 4.78 is 12.6. The topological polar surface area (TPSA) is 20.2 Å². The van der Waals surface area contributed by atoms with Gasteiger partial charge in [-0.15, -0.1) is 0 Å². The normalized spacial score (nSPS) is 26.6. The highest BCUT2D eigenvalue weighted by Crippen LogP contribution is 2.28. The molecule has 0 bridgehead atoms. The van der Waals surface area contributed by atoms with Gasteiger partial charge in [0.05, 0.1) is 6.10 Å². The second kappa shape index (κ2) is 3.30. The molecule has 0 radical (unpaired) electrons. The van der Waals surface area contributed by atoms with Gasteiger partial charge in [0.15, 0.2) is 0 Å². The first-order chi connectivity index (χ1) is 6.25. The van der Waals surface area contributed by atoms with Crippen LogP contribution >= 0.6 is 0 Å². The van der Waals surface area contributed by atoms with Crippen molar-refractivity contribution >= 4 is 0 Å². The molecule has 2 rings (SSSR count). The zero-order valence-electron chi connectivity index (χ0n) is 7.15. The number of aliphatic hydroxyl groups excluding tert-OH is 1. The summed E-state index contributed by atoms with van der Waals surface area (Å²) in [7, 11) is 0. The van der Waals surface area contributed by atoms with Gasteiger partial charge in [0, 0.05) is 5.92 Å². The first-order valence-corrected chi connectivity index (χ1v) is 4.37. The molecule has 1 aliphatic carbocycles. The number of halogens is 1. The van der Waals surface area contributed by atoms with Crippen LogP contribution in [0.15, 0.2) is 36.4 Å². The van der Waals surface area contributed by atoms with Gasteiger partial charge in [-0.1, -0.05) is 24.3 Å². The second-order valence-corrected chi connectivity index (χ2v) is 3.35. The van der Waals surface area contributed by atoms with E-state index in [-0.39, 0.29) is 17.8 Å². The standard InChI is InChI=1S/C11H11FO/c12-10-4-1-8(2-5-10)9-3-6-11(13)7-9/h1-6,9,11,13H,7H2/t9-,11-/m0/s1. The fourth-order valence-electron chi connectivity index (χ4n) is 1.64. The molecule has 68 valence electrons. The van der Waals surface area contributed by atoms with Crippen LogP contribution in [0.3, 0.4) is 0 Å². The largest absolute Gasteiger partial charge is 0.389 e. The second-order valence-electron chi connectivity index (χ2n) is 3.35. The summed E-state index contributed by atoms with van der Waals surface area (Å²) >= 11 is 0. The minimum absolute atomic E-state index is 0.216. The van der Waals surface area contributed by atoms with E-state index < -0.39 is 0 Å². The molecule has 0 spiro atoms. The van der Waals surface area contributed by atoms with Gasteiger partial charge in [-0.05, 0) is 24.1 Å². The van der Waals surface area contributed by atoms with E-state index in [2.05, 4.69) is 0 Å². The van der Waals surface area contributed by atoms with Crippen molar-refractivity contribution < 1.29 is 9.50 Å². The number of benzene rings is 1. The van der Waals surface area contributed by atoms with Crippen molar-refractivity contribution in [2.45, 2.75) is 18.4 Å². The molecule has 1 aliphatic rings. The fraction of sp³-hybridized carbons (Fsp3) is 0.273. The summed E-state index contributed by atoms with van der Waals surface area (Å²) in [6.45, 7) is 0. The number of rotatable bonds is 1. The van der Waals surface area contributed by atoms with Crippen molar-refractivity contribution in [2.24, 2.45) is 0 Å². The van der Waals surface area contributed by atoms with E-state index in [9.17, 15) is 9.50 Å². The van der Waals surface area contributed by atoms with Crippen LogP contribution in [-0.4, -0.2) is 11.2 Å². The van der Waals surface area contributed by atoms with Crippen LogP contribution in [0.25, 0.3) is 0 Å². The number of aliphatic hydroxyl groups is 1. The lowest BCUT2D eigenvalue weighted by atomic mass is 9.98. The summed E-state index contributed by atoms with van der Waals surface area (Å²) in [5.74, 6) is 0.0295. The van der Waals surface area contributed by atoms with Crippen molar-refractivity contribution in [1.82, 2.24) is 0 Å². The van der Waals surface area contributed by atoms with Gasteiger partial charge in [-0.3, -0.25) is 0 Å². The molecular formula is C11H11FO. The lowest BCUT2D eigenvalue weighted by Gasteiger charge is -2.08. The van der Waals surface area contributed by atoms with Gasteiger partial charge in [0.25, 0.3) is 0 Å².